The number of hydrogen-bond donors (Lipinski definition) is 1. The Morgan fingerprint density at radius 1 is 1.38 bits per heavy atom. The van der Waals surface area contributed by atoms with E-state index in [4.69, 9.17) is 4.74 Å². The van der Waals surface area contributed by atoms with Gasteiger partial charge in [-0.05, 0) is 31.2 Å². The molecule has 1 amide bonds. The number of carbonyl (C=O) groups excluding carboxylic acids is 1. The number of methoxy groups -OCH3 is 1. The van der Waals surface area contributed by atoms with Crippen molar-refractivity contribution in [3.8, 4) is 5.75 Å². The van der Waals surface area contributed by atoms with Crippen LogP contribution >= 0.6 is 11.8 Å². The van der Waals surface area contributed by atoms with Crippen LogP contribution in [-0.4, -0.2) is 30.6 Å². The number of ether oxygens (including phenoxy) is 1. The second-order valence-electron chi connectivity index (χ2n) is 5.48. The number of benzene rings is 1. The minimum Gasteiger partial charge on any atom is -0.497 e. The van der Waals surface area contributed by atoms with E-state index in [2.05, 4.69) is 11.6 Å². The minimum absolute atomic E-state index is 0.0721. The molecule has 1 N–H and O–H groups in total. The summed E-state index contributed by atoms with van der Waals surface area (Å²) in [5, 5.41) is 2.90. The molecule has 3 nitrogen and oxygen atoms in total. The minimum atomic E-state index is -0.548. The van der Waals surface area contributed by atoms with Crippen LogP contribution in [0.25, 0.3) is 0 Å². The van der Waals surface area contributed by atoms with E-state index >= 15 is 0 Å². The Balaban J connectivity index is 2.01. The van der Waals surface area contributed by atoms with Gasteiger partial charge in [-0.25, -0.2) is 4.39 Å². The Morgan fingerprint density at radius 3 is 2.67 bits per heavy atom. The molecule has 0 atom stereocenters. The van der Waals surface area contributed by atoms with Gasteiger partial charge in [0.2, 0.25) is 0 Å². The summed E-state index contributed by atoms with van der Waals surface area (Å²) in [7, 11) is 1.47. The second kappa shape index (κ2) is 7.16. The van der Waals surface area contributed by atoms with Crippen LogP contribution in [0.1, 0.15) is 42.5 Å². The molecule has 0 saturated heterocycles. The number of rotatable bonds is 5. The first-order valence-corrected chi connectivity index (χ1v) is 8.49. The maximum Gasteiger partial charge on any atom is 0.254 e. The van der Waals surface area contributed by atoms with Crippen LogP contribution in [-0.2, 0) is 0 Å². The smallest absolute Gasteiger partial charge is 0.254 e. The molecule has 0 aromatic heterocycles. The summed E-state index contributed by atoms with van der Waals surface area (Å²) < 4.78 is 18.9. The fourth-order valence-corrected chi connectivity index (χ4v) is 3.71. The monoisotopic (exact) mass is 311 g/mol. The summed E-state index contributed by atoms with van der Waals surface area (Å²) in [6.07, 6.45) is 7.98. The van der Waals surface area contributed by atoms with Crippen molar-refractivity contribution in [1.82, 2.24) is 5.32 Å². The largest absolute Gasteiger partial charge is 0.497 e. The van der Waals surface area contributed by atoms with Crippen LogP contribution in [0.3, 0.4) is 0 Å². The quantitative estimate of drug-likeness (QED) is 0.902. The number of halogens is 1. The van der Waals surface area contributed by atoms with Gasteiger partial charge in [0.15, 0.2) is 0 Å². The number of hydrogen-bond acceptors (Lipinski definition) is 3. The van der Waals surface area contributed by atoms with Crippen molar-refractivity contribution in [2.75, 3.05) is 19.9 Å². The van der Waals surface area contributed by atoms with E-state index in [1.807, 2.05) is 11.8 Å². The molecule has 2 rings (SSSR count). The number of thioether (sulfide) groups is 1. The van der Waals surface area contributed by atoms with Crippen molar-refractivity contribution in [2.24, 2.45) is 0 Å². The molecule has 0 heterocycles. The third-order valence-electron chi connectivity index (χ3n) is 4.19. The predicted molar refractivity (Wildman–Crippen MR) is 84.6 cm³/mol. The van der Waals surface area contributed by atoms with Gasteiger partial charge in [0.05, 0.1) is 12.7 Å². The van der Waals surface area contributed by atoms with Gasteiger partial charge in [0, 0.05) is 17.4 Å². The Labute approximate surface area is 129 Å². The molecule has 21 heavy (non-hydrogen) atoms. The molecule has 1 aromatic carbocycles. The van der Waals surface area contributed by atoms with E-state index in [1.165, 1.54) is 38.5 Å². The molecule has 0 bridgehead atoms. The average molecular weight is 311 g/mol. The molecule has 5 heteroatoms. The number of carbonyl (C=O) groups is 1. The molecular formula is C16H22FNO2S. The first kappa shape index (κ1) is 16.1. The van der Waals surface area contributed by atoms with E-state index in [0.717, 1.165) is 12.8 Å². The Kier molecular flexibility index (Phi) is 5.51. The van der Waals surface area contributed by atoms with Gasteiger partial charge in [-0.2, -0.15) is 11.8 Å². The normalized spacial score (nSPS) is 17.3. The highest BCUT2D eigenvalue weighted by Gasteiger charge is 2.31. The van der Waals surface area contributed by atoms with Crippen molar-refractivity contribution >= 4 is 17.7 Å². The van der Waals surface area contributed by atoms with Crippen LogP contribution in [0.15, 0.2) is 18.2 Å². The van der Waals surface area contributed by atoms with Crippen LogP contribution < -0.4 is 10.1 Å². The van der Waals surface area contributed by atoms with Gasteiger partial charge in [-0.3, -0.25) is 4.79 Å². The van der Waals surface area contributed by atoms with E-state index < -0.39 is 5.82 Å². The van der Waals surface area contributed by atoms with Crippen LogP contribution in [0, 0.1) is 5.82 Å². The molecule has 1 aliphatic carbocycles. The summed E-state index contributed by atoms with van der Waals surface area (Å²) in [6.45, 7) is 0.596. The molecule has 116 valence electrons. The van der Waals surface area contributed by atoms with Gasteiger partial charge in [0.1, 0.15) is 11.6 Å². The van der Waals surface area contributed by atoms with Crippen LogP contribution in [0.4, 0.5) is 4.39 Å². The van der Waals surface area contributed by atoms with Crippen molar-refractivity contribution in [3.05, 3.63) is 29.6 Å². The summed E-state index contributed by atoms with van der Waals surface area (Å²) in [4.78, 5) is 12.2. The molecule has 1 fully saturated rings. The van der Waals surface area contributed by atoms with Gasteiger partial charge >= 0.3 is 0 Å². The zero-order chi connectivity index (χ0) is 15.3. The Bertz CT molecular complexity index is 501. The van der Waals surface area contributed by atoms with Crippen molar-refractivity contribution in [3.63, 3.8) is 0 Å². The topological polar surface area (TPSA) is 38.3 Å². The lowest BCUT2D eigenvalue weighted by atomic mass is 9.88. The number of nitrogens with one attached hydrogen (secondary N) is 1. The lowest BCUT2D eigenvalue weighted by Gasteiger charge is -2.35. The van der Waals surface area contributed by atoms with Crippen LogP contribution in [0.2, 0.25) is 0 Å². The molecule has 0 aliphatic heterocycles. The molecule has 1 aromatic rings. The van der Waals surface area contributed by atoms with Crippen molar-refractivity contribution in [2.45, 2.75) is 36.9 Å². The lowest BCUT2D eigenvalue weighted by molar-refractivity contribution is 0.0943. The predicted octanol–water partition coefficient (Wildman–Crippen LogP) is 3.63. The highest BCUT2D eigenvalue weighted by Crippen LogP contribution is 2.38. The van der Waals surface area contributed by atoms with E-state index in [1.54, 1.807) is 6.07 Å². The SMILES string of the molecule is COc1ccc(C(=O)NCC2(SC)CCCCC2)c(F)c1. The first-order chi connectivity index (χ1) is 10.1. The molecule has 0 radical (unpaired) electrons. The zero-order valence-corrected chi connectivity index (χ0v) is 13.4. The third kappa shape index (κ3) is 3.90. The van der Waals surface area contributed by atoms with E-state index in [9.17, 15) is 9.18 Å². The first-order valence-electron chi connectivity index (χ1n) is 7.27. The summed E-state index contributed by atoms with van der Waals surface area (Å²) in [5.41, 5.74) is 0.0721. The molecule has 1 saturated carbocycles. The van der Waals surface area contributed by atoms with Gasteiger partial charge in [-0.1, -0.05) is 19.3 Å². The third-order valence-corrected chi connectivity index (χ3v) is 5.61. The fraction of sp³-hybridized carbons (Fsp3) is 0.562. The lowest BCUT2D eigenvalue weighted by Crippen LogP contribution is -2.42. The standard InChI is InChI=1S/C16H22FNO2S/c1-20-12-6-7-13(14(17)10-12)15(19)18-11-16(21-2)8-4-3-5-9-16/h6-7,10H,3-5,8-9,11H2,1-2H3,(H,18,19). The summed E-state index contributed by atoms with van der Waals surface area (Å²) in [6, 6.07) is 4.30. The molecule has 0 spiro atoms. The van der Waals surface area contributed by atoms with Crippen LogP contribution in [0.5, 0.6) is 5.75 Å². The maximum atomic E-state index is 13.9. The number of amides is 1. The van der Waals surface area contributed by atoms with Gasteiger partial charge < -0.3 is 10.1 Å². The Hall–Kier alpha value is -1.23. The van der Waals surface area contributed by atoms with Crippen molar-refractivity contribution < 1.29 is 13.9 Å². The highest BCUT2D eigenvalue weighted by atomic mass is 32.2. The summed E-state index contributed by atoms with van der Waals surface area (Å²) >= 11 is 1.81. The molecule has 0 unspecified atom stereocenters. The van der Waals surface area contributed by atoms with E-state index in [-0.39, 0.29) is 16.2 Å². The average Bonchev–Trinajstić information content (AvgIpc) is 2.53. The zero-order valence-electron chi connectivity index (χ0n) is 12.6. The van der Waals surface area contributed by atoms with E-state index in [0.29, 0.717) is 12.3 Å². The van der Waals surface area contributed by atoms with Gasteiger partial charge in [-0.15, -0.1) is 0 Å². The Morgan fingerprint density at radius 2 is 2.10 bits per heavy atom. The van der Waals surface area contributed by atoms with Gasteiger partial charge in [0.25, 0.3) is 5.91 Å². The second-order valence-corrected chi connectivity index (χ2v) is 6.75. The maximum absolute atomic E-state index is 13.9. The van der Waals surface area contributed by atoms with Crippen molar-refractivity contribution in [1.29, 1.82) is 0 Å². The molecule has 1 aliphatic rings. The fourth-order valence-electron chi connectivity index (χ4n) is 2.79. The summed E-state index contributed by atoms with van der Waals surface area (Å²) in [5.74, 6) is -0.486. The highest BCUT2D eigenvalue weighted by molar-refractivity contribution is 8.00. The molecular weight excluding hydrogens is 289 g/mol.